The van der Waals surface area contributed by atoms with E-state index in [1.807, 2.05) is 24.7 Å². The summed E-state index contributed by atoms with van der Waals surface area (Å²) in [7, 11) is 0. The van der Waals surface area contributed by atoms with Crippen molar-refractivity contribution in [3.05, 3.63) is 230 Å². The van der Waals surface area contributed by atoms with Crippen LogP contribution in [0.25, 0.3) is 132 Å². The molecule has 0 aliphatic heterocycles. The molecule has 3 heterocycles. The van der Waals surface area contributed by atoms with E-state index in [-0.39, 0.29) is 0 Å². The lowest BCUT2D eigenvalue weighted by atomic mass is 9.82. The molecule has 0 bridgehead atoms. The molecule has 68 heavy (non-hydrogen) atoms. The van der Waals surface area contributed by atoms with Crippen molar-refractivity contribution < 1.29 is 0 Å². The van der Waals surface area contributed by atoms with Gasteiger partial charge in [-0.05, 0) is 160 Å². The number of pyridine rings is 2. The molecule has 3 aromatic heterocycles. The van der Waals surface area contributed by atoms with Gasteiger partial charge in [-0.15, -0.1) is 0 Å². The number of rotatable bonds is 5. The summed E-state index contributed by atoms with van der Waals surface area (Å²) in [4.78, 5) is 9.66. The molecule has 0 radical (unpaired) electrons. The van der Waals surface area contributed by atoms with E-state index in [9.17, 15) is 0 Å². The average Bonchev–Trinajstić information content (AvgIpc) is 3.73. The predicted octanol–water partition coefficient (Wildman–Crippen LogP) is 17.5. The molecule has 0 fully saturated rings. The van der Waals surface area contributed by atoms with Crippen molar-refractivity contribution in [3.8, 4) is 50.3 Å². The van der Waals surface area contributed by atoms with E-state index >= 15 is 0 Å². The van der Waals surface area contributed by atoms with Crippen molar-refractivity contribution in [1.82, 2.24) is 14.5 Å². The van der Waals surface area contributed by atoms with Crippen LogP contribution < -0.4 is 0 Å². The van der Waals surface area contributed by atoms with Gasteiger partial charge in [0, 0.05) is 40.3 Å². The molecule has 10 aromatic carbocycles. The molecule has 13 aromatic rings. The number of nitrogens with zero attached hydrogens (tertiary/aromatic N) is 3. The SMILES string of the molecule is CC1CC=Cc2cc(-c3c4ccccc4c(-c4ccc5ccccc5c4)c4ccc(-c5ccc6c(c5)c5c(-c7cccnc7)nccc5n6-c5cc6ccccc6c6ccccc56)cc34)ccc21. The molecule has 14 rings (SSSR count). The summed E-state index contributed by atoms with van der Waals surface area (Å²) in [6, 6.07) is 72.2. The normalized spacial score (nSPS) is 13.7. The first-order chi connectivity index (χ1) is 33.6. The summed E-state index contributed by atoms with van der Waals surface area (Å²) < 4.78 is 2.45. The van der Waals surface area contributed by atoms with Crippen molar-refractivity contribution in [2.75, 3.05) is 0 Å². The summed E-state index contributed by atoms with van der Waals surface area (Å²) in [5, 5.41) is 14.6. The summed E-state index contributed by atoms with van der Waals surface area (Å²) >= 11 is 0. The Hall–Kier alpha value is -8.66. The average molecular weight is 866 g/mol. The topological polar surface area (TPSA) is 30.7 Å². The second kappa shape index (κ2) is 15.2. The van der Waals surface area contributed by atoms with Crippen LogP contribution in [0.1, 0.15) is 30.4 Å². The molecule has 0 N–H and O–H groups in total. The third kappa shape index (κ3) is 5.92. The highest BCUT2D eigenvalue weighted by molar-refractivity contribution is 6.23. The van der Waals surface area contributed by atoms with E-state index < -0.39 is 0 Å². The highest BCUT2D eigenvalue weighted by Gasteiger charge is 2.23. The molecule has 3 heteroatoms. The Morgan fingerprint density at radius 3 is 1.93 bits per heavy atom. The fraction of sp³-hybridized carbons (Fsp3) is 0.0462. The van der Waals surface area contributed by atoms with Crippen molar-refractivity contribution in [2.24, 2.45) is 0 Å². The van der Waals surface area contributed by atoms with Crippen LogP contribution >= 0.6 is 0 Å². The lowest BCUT2D eigenvalue weighted by Crippen LogP contribution is -2.00. The van der Waals surface area contributed by atoms with Gasteiger partial charge in [0.15, 0.2) is 0 Å². The van der Waals surface area contributed by atoms with Crippen molar-refractivity contribution in [2.45, 2.75) is 19.3 Å². The molecule has 1 unspecified atom stereocenters. The van der Waals surface area contributed by atoms with Gasteiger partial charge < -0.3 is 4.57 Å². The fourth-order valence-electron chi connectivity index (χ4n) is 11.5. The summed E-state index contributed by atoms with van der Waals surface area (Å²) in [5.41, 5.74) is 15.3. The Balaban J connectivity index is 1.06. The number of allylic oxidation sites excluding steroid dienone is 1. The predicted molar refractivity (Wildman–Crippen MR) is 288 cm³/mol. The van der Waals surface area contributed by atoms with Gasteiger partial charge in [-0.2, -0.15) is 0 Å². The zero-order valence-corrected chi connectivity index (χ0v) is 37.5. The summed E-state index contributed by atoms with van der Waals surface area (Å²) in [5.74, 6) is 0.495. The van der Waals surface area contributed by atoms with E-state index in [1.165, 1.54) is 87.2 Å². The van der Waals surface area contributed by atoms with E-state index in [2.05, 4.69) is 217 Å². The van der Waals surface area contributed by atoms with Crippen LogP contribution in [0.3, 0.4) is 0 Å². The third-order valence-electron chi connectivity index (χ3n) is 14.7. The van der Waals surface area contributed by atoms with Crippen LogP contribution in [-0.4, -0.2) is 14.5 Å². The maximum absolute atomic E-state index is 5.10. The van der Waals surface area contributed by atoms with Gasteiger partial charge in [0.1, 0.15) is 0 Å². The minimum Gasteiger partial charge on any atom is -0.308 e. The number of aromatic nitrogens is 3. The largest absolute Gasteiger partial charge is 0.308 e. The zero-order chi connectivity index (χ0) is 44.9. The van der Waals surface area contributed by atoms with Crippen molar-refractivity contribution in [1.29, 1.82) is 0 Å². The van der Waals surface area contributed by atoms with Crippen molar-refractivity contribution in [3.63, 3.8) is 0 Å². The number of fused-ring (bicyclic) bond motifs is 10. The minimum atomic E-state index is 0.495. The van der Waals surface area contributed by atoms with Crippen LogP contribution in [0.15, 0.2) is 219 Å². The Kier molecular flexibility index (Phi) is 8.63. The van der Waals surface area contributed by atoms with Crippen LogP contribution in [-0.2, 0) is 0 Å². The molecule has 0 amide bonds. The lowest BCUT2D eigenvalue weighted by molar-refractivity contribution is 0.772. The minimum absolute atomic E-state index is 0.495. The Morgan fingerprint density at radius 1 is 0.441 bits per heavy atom. The molecule has 0 saturated carbocycles. The van der Waals surface area contributed by atoms with E-state index in [0.717, 1.165) is 56.3 Å². The molecular weight excluding hydrogens is 823 g/mol. The first-order valence-corrected chi connectivity index (χ1v) is 23.7. The molecule has 3 nitrogen and oxygen atoms in total. The summed E-state index contributed by atoms with van der Waals surface area (Å²) in [6.45, 7) is 2.34. The molecule has 0 spiro atoms. The Labute approximate surface area is 393 Å². The molecule has 0 saturated heterocycles. The highest BCUT2D eigenvalue weighted by atomic mass is 15.0. The number of hydrogen-bond acceptors (Lipinski definition) is 2. The monoisotopic (exact) mass is 865 g/mol. The van der Waals surface area contributed by atoms with Gasteiger partial charge >= 0.3 is 0 Å². The van der Waals surface area contributed by atoms with Gasteiger partial charge in [0.25, 0.3) is 0 Å². The smallest absolute Gasteiger partial charge is 0.0817 e. The maximum Gasteiger partial charge on any atom is 0.0817 e. The van der Waals surface area contributed by atoms with Gasteiger partial charge in [-0.3, -0.25) is 9.97 Å². The van der Waals surface area contributed by atoms with Gasteiger partial charge in [-0.25, -0.2) is 0 Å². The first kappa shape index (κ1) is 38.6. The number of hydrogen-bond donors (Lipinski definition) is 0. The summed E-state index contributed by atoms with van der Waals surface area (Å²) in [6.07, 6.45) is 11.4. The van der Waals surface area contributed by atoms with E-state index in [4.69, 9.17) is 4.98 Å². The second-order valence-corrected chi connectivity index (χ2v) is 18.5. The van der Waals surface area contributed by atoms with Crippen LogP contribution in [0.5, 0.6) is 0 Å². The molecule has 318 valence electrons. The van der Waals surface area contributed by atoms with Gasteiger partial charge in [0.2, 0.25) is 0 Å². The van der Waals surface area contributed by atoms with Crippen LogP contribution in [0.2, 0.25) is 0 Å². The maximum atomic E-state index is 5.10. The Morgan fingerprint density at radius 2 is 1.10 bits per heavy atom. The molecular formula is C65H43N3. The molecule has 1 aliphatic carbocycles. The van der Waals surface area contributed by atoms with E-state index in [1.54, 1.807) is 0 Å². The molecule has 1 atom stereocenters. The molecule has 1 aliphatic rings. The number of benzene rings is 10. The third-order valence-corrected chi connectivity index (χ3v) is 14.7. The quantitative estimate of drug-likeness (QED) is 0.127. The van der Waals surface area contributed by atoms with Crippen molar-refractivity contribution >= 4 is 81.7 Å². The highest BCUT2D eigenvalue weighted by Crippen LogP contribution is 2.47. The Bertz CT molecular complexity index is 4250. The lowest BCUT2D eigenvalue weighted by Gasteiger charge is -2.22. The van der Waals surface area contributed by atoms with Crippen LogP contribution in [0.4, 0.5) is 0 Å². The second-order valence-electron chi connectivity index (χ2n) is 18.5. The first-order valence-electron chi connectivity index (χ1n) is 23.7. The van der Waals surface area contributed by atoms with Gasteiger partial charge in [-0.1, -0.05) is 159 Å². The van der Waals surface area contributed by atoms with E-state index in [0.29, 0.717) is 5.92 Å². The van der Waals surface area contributed by atoms with Crippen LogP contribution in [0, 0.1) is 0 Å². The van der Waals surface area contributed by atoms with Gasteiger partial charge in [0.05, 0.1) is 22.4 Å². The fourth-order valence-corrected chi connectivity index (χ4v) is 11.5. The zero-order valence-electron chi connectivity index (χ0n) is 37.5. The standard InChI is InChI=1S/C65H43N3/c1-40-12-10-16-45-35-48(26-28-50(40)45)63-55-22-9-8-21-54(55)62(47-24-23-41-13-2-3-14-42(41)34-47)56-29-25-43(36-57(56)63)44-27-30-59-58(37-44)64-60(31-33-67-65(64)49-17-11-32-66-39-49)68(59)61-38-46-15-4-5-18-51(46)52-19-6-7-20-53(52)61/h2-11,13-40H,12H2,1H3.